The Balaban J connectivity index is 1.45. The molecule has 1 fully saturated rings. The van der Waals surface area contributed by atoms with E-state index in [4.69, 9.17) is 15.6 Å². The molecule has 1 saturated heterocycles. The molecule has 5 N–H and O–H groups in total. The third-order valence-electron chi connectivity index (χ3n) is 5.76. The molecule has 5 heterocycles. The number of ether oxygens (including phenoxy) is 1. The Morgan fingerprint density at radius 3 is 3.03 bits per heavy atom. The minimum absolute atomic E-state index is 0.214. The summed E-state index contributed by atoms with van der Waals surface area (Å²) in [6, 6.07) is 5.37. The standard InChI is InChI=1S/C21H24N8O4/c1-2-32-13-7-14(19-15-9-24-25-20(15)26-29(19)10-13)12-3-4-18(23-8-12)28-6-5-16(22)17(11-28)27-33-21(30)31/h3-4,7-10,16-17,27H,2,5-6,11,22H2,1H3,(H,25,26)(H,30,31)/t16-,17-/m0/s1. The second kappa shape index (κ2) is 8.56. The van der Waals surface area contributed by atoms with Crippen molar-refractivity contribution in [3.8, 4) is 16.9 Å². The summed E-state index contributed by atoms with van der Waals surface area (Å²) in [5, 5.41) is 21.2. The zero-order valence-electron chi connectivity index (χ0n) is 17.9. The Hall–Kier alpha value is -3.90. The van der Waals surface area contributed by atoms with Crippen molar-refractivity contribution >= 4 is 28.5 Å². The first kappa shape index (κ1) is 21.0. The molecule has 0 spiro atoms. The van der Waals surface area contributed by atoms with E-state index in [0.29, 0.717) is 37.5 Å². The van der Waals surface area contributed by atoms with Crippen molar-refractivity contribution in [1.29, 1.82) is 0 Å². The summed E-state index contributed by atoms with van der Waals surface area (Å²) < 4.78 is 7.53. The average molecular weight is 452 g/mol. The highest BCUT2D eigenvalue weighted by Crippen LogP contribution is 2.33. The van der Waals surface area contributed by atoms with Crippen LogP contribution in [-0.2, 0) is 4.84 Å². The van der Waals surface area contributed by atoms with Crippen LogP contribution in [0.1, 0.15) is 13.3 Å². The van der Waals surface area contributed by atoms with Gasteiger partial charge in [-0.1, -0.05) is 0 Å². The van der Waals surface area contributed by atoms with E-state index in [1.54, 1.807) is 10.7 Å². The molecule has 12 nitrogen and oxygen atoms in total. The number of carbonyl (C=O) groups is 1. The van der Waals surface area contributed by atoms with E-state index in [9.17, 15) is 4.79 Å². The molecule has 1 aliphatic rings. The minimum Gasteiger partial charge on any atom is -0.492 e. The van der Waals surface area contributed by atoms with Crippen LogP contribution in [0, 0.1) is 0 Å². The van der Waals surface area contributed by atoms with Gasteiger partial charge in [0.2, 0.25) is 0 Å². The van der Waals surface area contributed by atoms with Crippen LogP contribution in [0.5, 0.6) is 5.75 Å². The van der Waals surface area contributed by atoms with Gasteiger partial charge in [-0.05, 0) is 31.5 Å². The van der Waals surface area contributed by atoms with E-state index in [1.165, 1.54) is 0 Å². The highest BCUT2D eigenvalue weighted by molar-refractivity contribution is 6.00. The molecule has 0 bridgehead atoms. The maximum atomic E-state index is 10.7. The largest absolute Gasteiger partial charge is 0.525 e. The van der Waals surface area contributed by atoms with Crippen LogP contribution in [0.2, 0.25) is 0 Å². The molecule has 12 heteroatoms. The van der Waals surface area contributed by atoms with Crippen molar-refractivity contribution in [2.24, 2.45) is 5.73 Å². The lowest BCUT2D eigenvalue weighted by atomic mass is 10.0. The van der Waals surface area contributed by atoms with Gasteiger partial charge in [-0.15, -0.1) is 10.6 Å². The Labute approximate surface area is 188 Å². The van der Waals surface area contributed by atoms with Crippen molar-refractivity contribution in [2.75, 3.05) is 24.6 Å². The molecular weight excluding hydrogens is 428 g/mol. The summed E-state index contributed by atoms with van der Waals surface area (Å²) in [5.74, 6) is 1.48. The summed E-state index contributed by atoms with van der Waals surface area (Å²) >= 11 is 0. The number of carboxylic acid groups (broad SMARTS) is 1. The van der Waals surface area contributed by atoms with E-state index in [-0.39, 0.29) is 12.1 Å². The van der Waals surface area contributed by atoms with Crippen molar-refractivity contribution in [3.63, 3.8) is 0 Å². The predicted molar refractivity (Wildman–Crippen MR) is 120 cm³/mol. The average Bonchev–Trinajstić information content (AvgIpc) is 3.39. The first-order chi connectivity index (χ1) is 16.0. The van der Waals surface area contributed by atoms with Gasteiger partial charge >= 0.3 is 6.16 Å². The summed E-state index contributed by atoms with van der Waals surface area (Å²) in [6.07, 6.45) is 4.70. The van der Waals surface area contributed by atoms with E-state index < -0.39 is 6.16 Å². The second-order valence-electron chi connectivity index (χ2n) is 7.84. The highest BCUT2D eigenvalue weighted by atomic mass is 16.8. The van der Waals surface area contributed by atoms with Gasteiger partial charge < -0.3 is 25.3 Å². The van der Waals surface area contributed by atoms with Crippen molar-refractivity contribution < 1.29 is 19.5 Å². The molecule has 5 rings (SSSR count). The van der Waals surface area contributed by atoms with Crippen molar-refractivity contribution in [3.05, 3.63) is 36.8 Å². The number of nitrogens with one attached hydrogen (secondary N) is 2. The van der Waals surface area contributed by atoms with Crippen LogP contribution in [-0.4, -0.2) is 67.8 Å². The molecule has 0 amide bonds. The van der Waals surface area contributed by atoms with Crippen LogP contribution in [0.3, 0.4) is 0 Å². The third-order valence-corrected chi connectivity index (χ3v) is 5.76. The zero-order valence-corrected chi connectivity index (χ0v) is 17.9. The van der Waals surface area contributed by atoms with Crippen LogP contribution in [0.4, 0.5) is 10.6 Å². The molecule has 4 aromatic rings. The van der Waals surface area contributed by atoms with Gasteiger partial charge in [0.1, 0.15) is 11.6 Å². The number of hydrogen-bond donors (Lipinski definition) is 4. The van der Waals surface area contributed by atoms with Gasteiger partial charge in [-0.3, -0.25) is 5.10 Å². The molecule has 0 saturated carbocycles. The lowest BCUT2D eigenvalue weighted by molar-refractivity contribution is 0.0219. The Bertz CT molecular complexity index is 1280. The van der Waals surface area contributed by atoms with E-state index in [2.05, 4.69) is 35.5 Å². The number of pyridine rings is 2. The number of nitrogens with zero attached hydrogens (tertiary/aromatic N) is 5. The Morgan fingerprint density at radius 1 is 1.39 bits per heavy atom. The molecule has 0 aromatic carbocycles. The van der Waals surface area contributed by atoms with Gasteiger partial charge in [0.05, 0.1) is 35.9 Å². The maximum Gasteiger partial charge on any atom is 0.525 e. The van der Waals surface area contributed by atoms with Crippen LogP contribution < -0.4 is 20.9 Å². The molecule has 0 aliphatic carbocycles. The van der Waals surface area contributed by atoms with Gasteiger partial charge in [-0.25, -0.2) is 14.3 Å². The number of anilines is 1. The summed E-state index contributed by atoms with van der Waals surface area (Å²) in [5.41, 5.74) is 12.1. The van der Waals surface area contributed by atoms with Crippen molar-refractivity contribution in [2.45, 2.75) is 25.4 Å². The number of aromatic amines is 1. The number of rotatable bonds is 6. The quantitative estimate of drug-likeness (QED) is 0.318. The molecule has 33 heavy (non-hydrogen) atoms. The Kier molecular flexibility index (Phi) is 5.44. The third kappa shape index (κ3) is 4.01. The fourth-order valence-electron chi connectivity index (χ4n) is 4.17. The van der Waals surface area contributed by atoms with E-state index >= 15 is 0 Å². The number of hydrogen-bond acceptors (Lipinski definition) is 9. The fourth-order valence-corrected chi connectivity index (χ4v) is 4.17. The lowest BCUT2D eigenvalue weighted by Gasteiger charge is -2.37. The SMILES string of the molecule is CCOc1cc(-c2ccc(N3CC[C@H](N)[C@@H](NOC(=O)O)C3)nc2)c2c3cn[nH]c3nn2c1. The van der Waals surface area contributed by atoms with E-state index in [0.717, 1.165) is 27.8 Å². The monoisotopic (exact) mass is 452 g/mol. The van der Waals surface area contributed by atoms with Crippen LogP contribution in [0.25, 0.3) is 27.7 Å². The number of hydroxylamine groups is 1. The molecule has 0 radical (unpaired) electrons. The summed E-state index contributed by atoms with van der Waals surface area (Å²) in [4.78, 5) is 21.9. The fraction of sp³-hybridized carbons (Fsp3) is 0.333. The molecule has 4 aromatic heterocycles. The summed E-state index contributed by atoms with van der Waals surface area (Å²) in [7, 11) is 0. The van der Waals surface area contributed by atoms with Gasteiger partial charge in [-0.2, -0.15) is 5.10 Å². The number of nitrogens with two attached hydrogens (primary N) is 1. The lowest BCUT2D eigenvalue weighted by Crippen LogP contribution is -2.57. The first-order valence-corrected chi connectivity index (χ1v) is 10.6. The van der Waals surface area contributed by atoms with Gasteiger partial charge in [0.15, 0.2) is 5.65 Å². The predicted octanol–water partition coefficient (Wildman–Crippen LogP) is 1.78. The number of H-pyrrole nitrogens is 1. The second-order valence-corrected chi connectivity index (χ2v) is 7.84. The number of fused-ring (bicyclic) bond motifs is 3. The molecular formula is C21H24N8O4. The minimum atomic E-state index is -1.39. The molecule has 172 valence electrons. The highest BCUT2D eigenvalue weighted by Gasteiger charge is 2.28. The number of aromatic nitrogens is 5. The normalized spacial score (nSPS) is 18.7. The zero-order chi connectivity index (χ0) is 22.9. The Morgan fingerprint density at radius 2 is 2.27 bits per heavy atom. The smallest absolute Gasteiger partial charge is 0.492 e. The maximum absolute atomic E-state index is 10.7. The van der Waals surface area contributed by atoms with Gasteiger partial charge in [0, 0.05) is 36.5 Å². The number of piperidine rings is 1. The molecule has 0 unspecified atom stereocenters. The van der Waals surface area contributed by atoms with Gasteiger partial charge in [0.25, 0.3) is 0 Å². The van der Waals surface area contributed by atoms with E-state index in [1.807, 2.05) is 37.5 Å². The molecule has 1 aliphatic heterocycles. The van der Waals surface area contributed by atoms with Crippen LogP contribution in [0.15, 0.2) is 36.8 Å². The first-order valence-electron chi connectivity index (χ1n) is 10.6. The molecule has 2 atom stereocenters. The topological polar surface area (TPSA) is 156 Å². The van der Waals surface area contributed by atoms with Crippen LogP contribution >= 0.6 is 0 Å². The summed E-state index contributed by atoms with van der Waals surface area (Å²) in [6.45, 7) is 3.66. The van der Waals surface area contributed by atoms with Crippen molar-refractivity contribution in [1.82, 2.24) is 30.3 Å².